The number of carbonyl (C=O) groups excluding carboxylic acids is 1. The fourth-order valence-corrected chi connectivity index (χ4v) is 1.68. The maximum atomic E-state index is 13.4. The third-order valence-corrected chi connectivity index (χ3v) is 2.62. The smallest absolute Gasteiger partial charge is 0.254 e. The standard InChI is InChI=1S/C12H11ClFN3O/c1-17-7-8(6-16-17)5-15-12(18)10-4-9(13)2-3-11(10)14/h2-4,6-7H,5H2,1H3,(H,15,18). The molecule has 0 bridgehead atoms. The zero-order chi connectivity index (χ0) is 13.1. The quantitative estimate of drug-likeness (QED) is 0.926. The zero-order valence-electron chi connectivity index (χ0n) is 9.65. The Bertz CT molecular complexity index is 582. The lowest BCUT2D eigenvalue weighted by Gasteiger charge is -2.05. The number of benzene rings is 1. The van der Waals surface area contributed by atoms with Gasteiger partial charge in [-0.15, -0.1) is 0 Å². The van der Waals surface area contributed by atoms with Crippen molar-refractivity contribution >= 4 is 17.5 Å². The second kappa shape index (κ2) is 5.18. The van der Waals surface area contributed by atoms with Crippen molar-refractivity contribution in [3.63, 3.8) is 0 Å². The van der Waals surface area contributed by atoms with Crippen molar-refractivity contribution in [2.45, 2.75) is 6.54 Å². The number of hydrogen-bond acceptors (Lipinski definition) is 2. The highest BCUT2D eigenvalue weighted by atomic mass is 35.5. The van der Waals surface area contributed by atoms with E-state index in [4.69, 9.17) is 11.6 Å². The van der Waals surface area contributed by atoms with E-state index in [-0.39, 0.29) is 5.56 Å². The summed E-state index contributed by atoms with van der Waals surface area (Å²) in [5.41, 5.74) is 0.777. The molecule has 1 heterocycles. The summed E-state index contributed by atoms with van der Waals surface area (Å²) in [5.74, 6) is -1.10. The summed E-state index contributed by atoms with van der Waals surface area (Å²) in [7, 11) is 1.78. The van der Waals surface area contributed by atoms with Gasteiger partial charge in [0.25, 0.3) is 5.91 Å². The van der Waals surface area contributed by atoms with Crippen LogP contribution < -0.4 is 5.32 Å². The highest BCUT2D eigenvalue weighted by Crippen LogP contribution is 2.14. The number of amides is 1. The van der Waals surface area contributed by atoms with Crippen LogP contribution >= 0.6 is 11.6 Å². The van der Waals surface area contributed by atoms with Gasteiger partial charge < -0.3 is 5.32 Å². The summed E-state index contributed by atoms with van der Waals surface area (Å²) >= 11 is 5.72. The molecule has 1 aromatic heterocycles. The molecule has 2 aromatic rings. The Kier molecular flexibility index (Phi) is 3.62. The Morgan fingerprint density at radius 1 is 1.56 bits per heavy atom. The summed E-state index contributed by atoms with van der Waals surface area (Å²) in [5, 5.41) is 6.90. The van der Waals surface area contributed by atoms with Gasteiger partial charge in [0.05, 0.1) is 11.8 Å². The predicted octanol–water partition coefficient (Wildman–Crippen LogP) is 2.14. The van der Waals surface area contributed by atoms with Crippen molar-refractivity contribution in [1.82, 2.24) is 15.1 Å². The van der Waals surface area contributed by atoms with Gasteiger partial charge in [-0.05, 0) is 18.2 Å². The van der Waals surface area contributed by atoms with E-state index in [2.05, 4.69) is 10.4 Å². The average Bonchev–Trinajstić information content (AvgIpc) is 2.75. The van der Waals surface area contributed by atoms with Crippen LogP contribution in [0.5, 0.6) is 0 Å². The van der Waals surface area contributed by atoms with Gasteiger partial charge >= 0.3 is 0 Å². The van der Waals surface area contributed by atoms with Gasteiger partial charge in [0.15, 0.2) is 0 Å². The molecule has 94 valence electrons. The molecule has 0 unspecified atom stereocenters. The van der Waals surface area contributed by atoms with Gasteiger partial charge in [0.1, 0.15) is 5.82 Å². The lowest BCUT2D eigenvalue weighted by molar-refractivity contribution is 0.0947. The van der Waals surface area contributed by atoms with E-state index >= 15 is 0 Å². The molecule has 4 nitrogen and oxygen atoms in total. The van der Waals surface area contributed by atoms with Crippen molar-refractivity contribution < 1.29 is 9.18 Å². The summed E-state index contributed by atoms with van der Waals surface area (Å²) in [6.07, 6.45) is 3.41. The van der Waals surface area contributed by atoms with Crippen LogP contribution in [0.2, 0.25) is 5.02 Å². The van der Waals surface area contributed by atoms with Crippen LogP contribution in [0.25, 0.3) is 0 Å². The molecule has 1 aromatic carbocycles. The van der Waals surface area contributed by atoms with E-state index in [0.717, 1.165) is 5.56 Å². The number of aryl methyl sites for hydroxylation is 1. The van der Waals surface area contributed by atoms with Crippen molar-refractivity contribution in [1.29, 1.82) is 0 Å². The largest absolute Gasteiger partial charge is 0.348 e. The van der Waals surface area contributed by atoms with E-state index < -0.39 is 11.7 Å². The zero-order valence-corrected chi connectivity index (χ0v) is 10.4. The Hall–Kier alpha value is -1.88. The number of hydrogen-bond donors (Lipinski definition) is 1. The topological polar surface area (TPSA) is 46.9 Å². The molecule has 0 spiro atoms. The first-order valence-corrected chi connectivity index (χ1v) is 5.65. The molecule has 0 aliphatic heterocycles. The van der Waals surface area contributed by atoms with Gasteiger partial charge in [-0.2, -0.15) is 5.10 Å². The summed E-state index contributed by atoms with van der Waals surface area (Å²) in [6.45, 7) is 0.290. The van der Waals surface area contributed by atoms with Gasteiger partial charge in [0.2, 0.25) is 0 Å². The molecule has 0 aliphatic rings. The van der Waals surface area contributed by atoms with Crippen LogP contribution in [0, 0.1) is 5.82 Å². The number of aromatic nitrogens is 2. The summed E-state index contributed by atoms with van der Waals surface area (Å²) in [4.78, 5) is 11.8. The maximum absolute atomic E-state index is 13.4. The summed E-state index contributed by atoms with van der Waals surface area (Å²) in [6, 6.07) is 3.87. The third-order valence-electron chi connectivity index (χ3n) is 2.38. The van der Waals surface area contributed by atoms with Crippen molar-refractivity contribution in [2.24, 2.45) is 7.05 Å². The summed E-state index contributed by atoms with van der Waals surface area (Å²) < 4.78 is 15.0. The van der Waals surface area contributed by atoms with Crippen LogP contribution in [0.1, 0.15) is 15.9 Å². The second-order valence-electron chi connectivity index (χ2n) is 3.83. The first-order chi connectivity index (χ1) is 8.56. The molecule has 0 saturated carbocycles. The first kappa shape index (κ1) is 12.6. The van der Waals surface area contributed by atoms with Crippen LogP contribution in [-0.2, 0) is 13.6 Å². The highest BCUT2D eigenvalue weighted by molar-refractivity contribution is 6.30. The van der Waals surface area contributed by atoms with Crippen molar-refractivity contribution in [3.05, 3.63) is 52.6 Å². The number of halogens is 2. The molecule has 1 amide bonds. The van der Waals surface area contributed by atoms with Gasteiger partial charge in [0, 0.05) is 30.4 Å². The fourth-order valence-electron chi connectivity index (χ4n) is 1.51. The lowest BCUT2D eigenvalue weighted by atomic mass is 10.2. The number of carbonyl (C=O) groups is 1. The van der Waals surface area contributed by atoms with Gasteiger partial charge in [-0.3, -0.25) is 9.48 Å². The highest BCUT2D eigenvalue weighted by Gasteiger charge is 2.12. The first-order valence-electron chi connectivity index (χ1n) is 5.27. The minimum absolute atomic E-state index is 0.0635. The normalized spacial score (nSPS) is 10.4. The average molecular weight is 268 g/mol. The maximum Gasteiger partial charge on any atom is 0.254 e. The Morgan fingerprint density at radius 2 is 2.33 bits per heavy atom. The van der Waals surface area contributed by atoms with Gasteiger partial charge in [-0.25, -0.2) is 4.39 Å². The molecule has 0 aliphatic carbocycles. The van der Waals surface area contributed by atoms with Crippen molar-refractivity contribution in [2.75, 3.05) is 0 Å². The van der Waals surface area contributed by atoms with E-state index in [1.165, 1.54) is 18.2 Å². The SMILES string of the molecule is Cn1cc(CNC(=O)c2cc(Cl)ccc2F)cn1. The molecule has 0 fully saturated rings. The van der Waals surface area contributed by atoms with Crippen LogP contribution in [0.15, 0.2) is 30.6 Å². The molecule has 0 radical (unpaired) electrons. The Balaban J connectivity index is 2.05. The molecule has 0 atom stereocenters. The molecule has 1 N–H and O–H groups in total. The minimum atomic E-state index is -0.594. The van der Waals surface area contributed by atoms with E-state index in [9.17, 15) is 9.18 Å². The Morgan fingerprint density at radius 3 is 3.00 bits per heavy atom. The second-order valence-corrected chi connectivity index (χ2v) is 4.27. The fraction of sp³-hybridized carbons (Fsp3) is 0.167. The number of rotatable bonds is 3. The minimum Gasteiger partial charge on any atom is -0.348 e. The molecule has 0 saturated heterocycles. The van der Waals surface area contributed by atoms with E-state index in [1.54, 1.807) is 24.1 Å². The van der Waals surface area contributed by atoms with E-state index in [1.807, 2.05) is 0 Å². The number of nitrogens with zero attached hydrogens (tertiary/aromatic N) is 2. The molecule has 18 heavy (non-hydrogen) atoms. The monoisotopic (exact) mass is 267 g/mol. The molecule has 6 heteroatoms. The molecule has 2 rings (SSSR count). The Labute approximate surface area is 108 Å². The number of nitrogens with one attached hydrogen (secondary N) is 1. The van der Waals surface area contributed by atoms with Crippen LogP contribution in [0.4, 0.5) is 4.39 Å². The van der Waals surface area contributed by atoms with Crippen LogP contribution in [0.3, 0.4) is 0 Å². The predicted molar refractivity (Wildman–Crippen MR) is 65.8 cm³/mol. The molecular formula is C12H11ClFN3O. The van der Waals surface area contributed by atoms with E-state index in [0.29, 0.717) is 11.6 Å². The third kappa shape index (κ3) is 2.87. The lowest BCUT2D eigenvalue weighted by Crippen LogP contribution is -2.23. The van der Waals surface area contributed by atoms with Crippen LogP contribution in [-0.4, -0.2) is 15.7 Å². The van der Waals surface area contributed by atoms with Gasteiger partial charge in [-0.1, -0.05) is 11.6 Å². The van der Waals surface area contributed by atoms with Crippen molar-refractivity contribution in [3.8, 4) is 0 Å². The molecular weight excluding hydrogens is 257 g/mol.